The second kappa shape index (κ2) is 3.03. The van der Waals surface area contributed by atoms with Crippen LogP contribution in [0.1, 0.15) is 5.56 Å². The van der Waals surface area contributed by atoms with Crippen LogP contribution in [0.4, 0.5) is 5.69 Å². The Hall–Kier alpha value is -0.550. The van der Waals surface area contributed by atoms with Gasteiger partial charge >= 0.3 is 0 Å². The van der Waals surface area contributed by atoms with Crippen LogP contribution in [-0.4, -0.2) is 7.05 Å². The molecule has 10 heavy (non-hydrogen) atoms. The van der Waals surface area contributed by atoms with Gasteiger partial charge in [0, 0.05) is 12.7 Å². The zero-order chi connectivity index (χ0) is 7.56. The van der Waals surface area contributed by atoms with Crippen molar-refractivity contribution in [1.82, 2.24) is 0 Å². The van der Waals surface area contributed by atoms with Crippen molar-refractivity contribution in [2.24, 2.45) is 0 Å². The van der Waals surface area contributed by atoms with Gasteiger partial charge in [0.1, 0.15) is 0 Å². The molecule has 1 atom stereocenters. The molecular formula is C8H12NP. The van der Waals surface area contributed by atoms with Gasteiger partial charge in [0.2, 0.25) is 0 Å². The van der Waals surface area contributed by atoms with Gasteiger partial charge in [0.15, 0.2) is 0 Å². The van der Waals surface area contributed by atoms with E-state index in [9.17, 15) is 0 Å². The molecule has 1 aromatic carbocycles. The van der Waals surface area contributed by atoms with Gasteiger partial charge < -0.3 is 5.32 Å². The first-order valence-corrected chi connectivity index (χ1v) is 3.85. The molecular weight excluding hydrogens is 141 g/mol. The molecule has 1 nitrogen and oxygen atoms in total. The van der Waals surface area contributed by atoms with E-state index in [2.05, 4.69) is 39.7 Å². The number of benzene rings is 1. The first kappa shape index (κ1) is 7.56. The Morgan fingerprint density at radius 2 is 2.10 bits per heavy atom. The summed E-state index contributed by atoms with van der Waals surface area (Å²) in [6, 6.07) is 6.31. The molecule has 1 N–H and O–H groups in total. The predicted octanol–water partition coefficient (Wildman–Crippen LogP) is 1.54. The minimum absolute atomic E-state index is 1.18. The number of nitrogens with one attached hydrogen (secondary N) is 1. The van der Waals surface area contributed by atoms with E-state index in [0.29, 0.717) is 0 Å². The fraction of sp³-hybridized carbons (Fsp3) is 0.250. The topological polar surface area (TPSA) is 12.0 Å². The molecule has 54 valence electrons. The van der Waals surface area contributed by atoms with Crippen molar-refractivity contribution in [2.75, 3.05) is 12.4 Å². The lowest BCUT2D eigenvalue weighted by Gasteiger charge is -2.03. The molecule has 0 spiro atoms. The quantitative estimate of drug-likeness (QED) is 0.603. The van der Waals surface area contributed by atoms with Crippen molar-refractivity contribution >= 4 is 20.2 Å². The van der Waals surface area contributed by atoms with Crippen LogP contribution in [0.25, 0.3) is 0 Å². The molecule has 0 radical (unpaired) electrons. The number of anilines is 1. The molecule has 1 unspecified atom stereocenters. The van der Waals surface area contributed by atoms with Gasteiger partial charge in [0.05, 0.1) is 0 Å². The maximum absolute atomic E-state index is 3.10. The van der Waals surface area contributed by atoms with Crippen LogP contribution < -0.4 is 10.6 Å². The molecule has 0 aliphatic rings. The van der Waals surface area contributed by atoms with E-state index in [1.54, 1.807) is 0 Å². The van der Waals surface area contributed by atoms with E-state index < -0.39 is 0 Å². The molecule has 2 heteroatoms. The van der Waals surface area contributed by atoms with Crippen LogP contribution in [0.3, 0.4) is 0 Å². The summed E-state index contributed by atoms with van der Waals surface area (Å²) in [6.45, 7) is 2.09. The number of rotatable bonds is 1. The van der Waals surface area contributed by atoms with E-state index >= 15 is 0 Å². The van der Waals surface area contributed by atoms with Gasteiger partial charge in [-0.05, 0) is 18.3 Å². The highest BCUT2D eigenvalue weighted by atomic mass is 31.0. The van der Waals surface area contributed by atoms with Crippen LogP contribution in [0.15, 0.2) is 18.2 Å². The average Bonchev–Trinajstić information content (AvgIpc) is 1.88. The third-order valence-corrected chi connectivity index (χ3v) is 1.95. The monoisotopic (exact) mass is 153 g/mol. The van der Waals surface area contributed by atoms with Crippen molar-refractivity contribution in [1.29, 1.82) is 0 Å². The SMILES string of the molecule is CNc1ccc(C)cc1P. The summed E-state index contributed by atoms with van der Waals surface area (Å²) in [6.07, 6.45) is 0. The Morgan fingerprint density at radius 1 is 1.40 bits per heavy atom. The zero-order valence-corrected chi connectivity index (χ0v) is 7.46. The van der Waals surface area contributed by atoms with Crippen molar-refractivity contribution in [3.63, 3.8) is 0 Å². The standard InChI is InChI=1S/C8H12NP/c1-6-3-4-7(9-2)8(10)5-6/h3-5,9H,10H2,1-2H3. The second-order valence-corrected chi connectivity index (χ2v) is 2.96. The van der Waals surface area contributed by atoms with E-state index in [4.69, 9.17) is 0 Å². The molecule has 0 bridgehead atoms. The summed E-state index contributed by atoms with van der Waals surface area (Å²) in [5.41, 5.74) is 2.47. The second-order valence-electron chi connectivity index (χ2n) is 2.34. The molecule has 1 rings (SSSR count). The summed E-state index contributed by atoms with van der Waals surface area (Å²) in [5.74, 6) is 0. The Bertz CT molecular complexity index is 233. The highest BCUT2D eigenvalue weighted by Crippen LogP contribution is 2.08. The lowest BCUT2D eigenvalue weighted by atomic mass is 10.2. The minimum atomic E-state index is 1.18. The number of hydrogen-bond acceptors (Lipinski definition) is 1. The van der Waals surface area contributed by atoms with Gasteiger partial charge in [-0.3, -0.25) is 0 Å². The molecule has 0 aromatic heterocycles. The van der Waals surface area contributed by atoms with Crippen LogP contribution in [0, 0.1) is 6.92 Å². The molecule has 0 aliphatic carbocycles. The molecule has 1 aromatic rings. The van der Waals surface area contributed by atoms with Crippen molar-refractivity contribution in [3.05, 3.63) is 23.8 Å². The lowest BCUT2D eigenvalue weighted by Crippen LogP contribution is -2.01. The fourth-order valence-electron chi connectivity index (χ4n) is 0.910. The van der Waals surface area contributed by atoms with Crippen LogP contribution >= 0.6 is 9.24 Å². The molecule has 0 saturated heterocycles. The predicted molar refractivity (Wildman–Crippen MR) is 50.1 cm³/mol. The Morgan fingerprint density at radius 3 is 2.60 bits per heavy atom. The van der Waals surface area contributed by atoms with Crippen molar-refractivity contribution in [2.45, 2.75) is 6.92 Å². The molecule has 0 aliphatic heterocycles. The molecule has 0 heterocycles. The third-order valence-electron chi connectivity index (χ3n) is 1.48. The third kappa shape index (κ3) is 1.48. The zero-order valence-electron chi connectivity index (χ0n) is 6.31. The van der Waals surface area contributed by atoms with Crippen LogP contribution in [0.5, 0.6) is 0 Å². The highest BCUT2D eigenvalue weighted by molar-refractivity contribution is 7.28. The minimum Gasteiger partial charge on any atom is -0.388 e. The smallest absolute Gasteiger partial charge is 0.0410 e. The maximum Gasteiger partial charge on any atom is 0.0410 e. The summed E-state index contributed by atoms with van der Waals surface area (Å²) in [5, 5.41) is 4.33. The van der Waals surface area contributed by atoms with E-state index in [1.165, 1.54) is 16.6 Å². The number of hydrogen-bond donors (Lipinski definition) is 1. The molecule has 0 amide bonds. The Labute approximate surface area is 64.0 Å². The van der Waals surface area contributed by atoms with Gasteiger partial charge in [-0.2, -0.15) is 0 Å². The average molecular weight is 153 g/mol. The largest absolute Gasteiger partial charge is 0.388 e. The van der Waals surface area contributed by atoms with E-state index in [1.807, 2.05) is 7.05 Å². The van der Waals surface area contributed by atoms with Gasteiger partial charge in [-0.25, -0.2) is 0 Å². The molecule has 0 fully saturated rings. The van der Waals surface area contributed by atoms with Crippen molar-refractivity contribution in [3.8, 4) is 0 Å². The van der Waals surface area contributed by atoms with Gasteiger partial charge in [0.25, 0.3) is 0 Å². The van der Waals surface area contributed by atoms with Crippen LogP contribution in [0.2, 0.25) is 0 Å². The summed E-state index contributed by atoms with van der Waals surface area (Å²) in [4.78, 5) is 0. The molecule has 0 saturated carbocycles. The summed E-state index contributed by atoms with van der Waals surface area (Å²) < 4.78 is 0. The first-order valence-electron chi connectivity index (χ1n) is 3.28. The highest BCUT2D eigenvalue weighted by Gasteiger charge is 1.92. The van der Waals surface area contributed by atoms with Gasteiger partial charge in [-0.1, -0.05) is 17.7 Å². The van der Waals surface area contributed by atoms with E-state index in [0.717, 1.165) is 0 Å². The van der Waals surface area contributed by atoms with Crippen molar-refractivity contribution < 1.29 is 0 Å². The maximum atomic E-state index is 3.10. The fourth-order valence-corrected chi connectivity index (χ4v) is 1.41. The van der Waals surface area contributed by atoms with E-state index in [-0.39, 0.29) is 0 Å². The normalized spacial score (nSPS) is 9.50. The summed E-state index contributed by atoms with van der Waals surface area (Å²) in [7, 11) is 4.63. The lowest BCUT2D eigenvalue weighted by molar-refractivity contribution is 1.46. The summed E-state index contributed by atoms with van der Waals surface area (Å²) >= 11 is 0. The Balaban J connectivity index is 3.07. The first-order chi connectivity index (χ1) is 4.74. The Kier molecular flexibility index (Phi) is 2.29. The number of aryl methyl sites for hydroxylation is 1. The van der Waals surface area contributed by atoms with Crippen LogP contribution in [-0.2, 0) is 0 Å². The van der Waals surface area contributed by atoms with Gasteiger partial charge in [-0.15, -0.1) is 9.24 Å².